The van der Waals surface area contributed by atoms with Crippen molar-refractivity contribution in [2.24, 2.45) is 0 Å². The highest BCUT2D eigenvalue weighted by Gasteiger charge is 2.31. The number of methoxy groups -OCH3 is 1. The Hall–Kier alpha value is -4.72. The van der Waals surface area contributed by atoms with Crippen molar-refractivity contribution in [3.05, 3.63) is 84.0 Å². The topological polar surface area (TPSA) is 125 Å². The predicted octanol–water partition coefficient (Wildman–Crippen LogP) is 5.09. The Labute approximate surface area is 221 Å². The largest absolute Gasteiger partial charge is 0.493 e. The van der Waals surface area contributed by atoms with Gasteiger partial charge >= 0.3 is 6.18 Å². The molecule has 0 aliphatic rings. The summed E-state index contributed by atoms with van der Waals surface area (Å²) in [7, 11) is -2.92. The highest BCUT2D eigenvalue weighted by molar-refractivity contribution is 7.95. The van der Waals surface area contributed by atoms with Crippen molar-refractivity contribution in [1.29, 1.82) is 0 Å². The van der Waals surface area contributed by atoms with E-state index in [1.807, 2.05) is 0 Å². The SMILES string of the molecule is COc1ccccc1Oc1c(NS(=O)(=O)C=Cc2ccccc2)nc(-c2ncccn2)nc1OCC(F)(F)F. The molecule has 0 aliphatic heterocycles. The van der Waals surface area contributed by atoms with E-state index in [9.17, 15) is 21.6 Å². The Balaban J connectivity index is 1.84. The minimum absolute atomic E-state index is 0.0319. The predicted molar refractivity (Wildman–Crippen MR) is 136 cm³/mol. The van der Waals surface area contributed by atoms with E-state index in [1.54, 1.807) is 42.5 Å². The molecule has 2 aromatic heterocycles. The van der Waals surface area contributed by atoms with Crippen LogP contribution >= 0.6 is 0 Å². The summed E-state index contributed by atoms with van der Waals surface area (Å²) in [5, 5.41) is 0.867. The lowest BCUT2D eigenvalue weighted by molar-refractivity contribution is -0.154. The number of aromatic nitrogens is 4. The lowest BCUT2D eigenvalue weighted by Crippen LogP contribution is -2.21. The third kappa shape index (κ3) is 7.64. The zero-order valence-corrected chi connectivity index (χ0v) is 21.0. The van der Waals surface area contributed by atoms with Crippen LogP contribution in [0.2, 0.25) is 0 Å². The van der Waals surface area contributed by atoms with Gasteiger partial charge in [0.05, 0.1) is 12.5 Å². The third-order valence-corrected chi connectivity index (χ3v) is 5.70. The summed E-state index contributed by atoms with van der Waals surface area (Å²) in [5.41, 5.74) is 0.587. The van der Waals surface area contributed by atoms with Gasteiger partial charge in [0.1, 0.15) is 0 Å². The summed E-state index contributed by atoms with van der Waals surface area (Å²) >= 11 is 0. The fraction of sp³-hybridized carbons (Fsp3) is 0.120. The molecule has 1 N–H and O–H groups in total. The van der Waals surface area contributed by atoms with Crippen LogP contribution in [-0.4, -0.2) is 48.2 Å². The van der Waals surface area contributed by atoms with Gasteiger partial charge in [-0.3, -0.25) is 4.72 Å². The number of nitrogens with zero attached hydrogens (tertiary/aromatic N) is 4. The van der Waals surface area contributed by atoms with Crippen LogP contribution in [0.15, 0.2) is 78.5 Å². The first-order valence-electron chi connectivity index (χ1n) is 11.1. The smallest absolute Gasteiger partial charge is 0.422 e. The van der Waals surface area contributed by atoms with Gasteiger partial charge in [-0.15, -0.1) is 0 Å². The minimum Gasteiger partial charge on any atom is -0.493 e. The Morgan fingerprint density at radius 2 is 1.56 bits per heavy atom. The maximum Gasteiger partial charge on any atom is 0.422 e. The molecule has 0 fully saturated rings. The molecule has 4 aromatic rings. The quantitative estimate of drug-likeness (QED) is 0.283. The molecule has 0 spiro atoms. The molecule has 4 rings (SSSR count). The highest BCUT2D eigenvalue weighted by atomic mass is 32.2. The maximum absolute atomic E-state index is 13.1. The second-order valence-electron chi connectivity index (χ2n) is 7.62. The van der Waals surface area contributed by atoms with Gasteiger partial charge in [0.15, 0.2) is 29.7 Å². The molecule has 10 nitrogen and oxygen atoms in total. The normalized spacial score (nSPS) is 11.8. The monoisotopic (exact) mass is 559 g/mol. The fourth-order valence-electron chi connectivity index (χ4n) is 3.07. The van der Waals surface area contributed by atoms with Gasteiger partial charge in [-0.1, -0.05) is 42.5 Å². The van der Waals surface area contributed by atoms with Crippen LogP contribution in [0, 0.1) is 0 Å². The molecular formula is C25H20F3N5O5S. The molecule has 0 amide bonds. The molecule has 2 aromatic carbocycles. The Bertz CT molecular complexity index is 1550. The second kappa shape index (κ2) is 11.8. The van der Waals surface area contributed by atoms with E-state index in [1.165, 1.54) is 43.8 Å². The number of nitrogens with one attached hydrogen (secondary N) is 1. The number of rotatable bonds is 10. The number of hydrogen-bond donors (Lipinski definition) is 1. The lowest BCUT2D eigenvalue weighted by Gasteiger charge is -2.18. The minimum atomic E-state index is -4.74. The van der Waals surface area contributed by atoms with Crippen LogP contribution in [0.5, 0.6) is 23.1 Å². The second-order valence-corrected chi connectivity index (χ2v) is 9.19. The number of benzene rings is 2. The Kier molecular flexibility index (Phi) is 8.24. The van der Waals surface area contributed by atoms with Crippen molar-refractivity contribution >= 4 is 21.9 Å². The summed E-state index contributed by atoms with van der Waals surface area (Å²) in [6, 6.07) is 16.3. The van der Waals surface area contributed by atoms with Crippen LogP contribution in [-0.2, 0) is 10.0 Å². The lowest BCUT2D eigenvalue weighted by atomic mass is 10.2. The van der Waals surface area contributed by atoms with Crippen LogP contribution in [0.25, 0.3) is 17.7 Å². The molecule has 0 saturated heterocycles. The number of alkyl halides is 3. The van der Waals surface area contributed by atoms with E-state index < -0.39 is 40.3 Å². The van der Waals surface area contributed by atoms with Crippen molar-refractivity contribution in [2.45, 2.75) is 6.18 Å². The van der Waals surface area contributed by atoms with Crippen molar-refractivity contribution in [3.8, 4) is 34.8 Å². The molecule has 14 heteroatoms. The van der Waals surface area contributed by atoms with Gasteiger partial charge in [0.2, 0.25) is 11.6 Å². The first-order chi connectivity index (χ1) is 18.6. The average molecular weight is 560 g/mol. The van der Waals surface area contributed by atoms with Gasteiger partial charge in [-0.2, -0.15) is 18.2 Å². The molecule has 0 bridgehead atoms. The first-order valence-corrected chi connectivity index (χ1v) is 12.6. The van der Waals surface area contributed by atoms with E-state index in [0.717, 1.165) is 5.41 Å². The molecule has 39 heavy (non-hydrogen) atoms. The van der Waals surface area contributed by atoms with Gasteiger partial charge < -0.3 is 14.2 Å². The van der Waals surface area contributed by atoms with Crippen LogP contribution < -0.4 is 18.9 Å². The Morgan fingerprint density at radius 3 is 2.23 bits per heavy atom. The van der Waals surface area contributed by atoms with Crippen molar-refractivity contribution in [2.75, 3.05) is 18.4 Å². The van der Waals surface area contributed by atoms with Gasteiger partial charge in [0, 0.05) is 12.4 Å². The van der Waals surface area contributed by atoms with Crippen LogP contribution in [0.4, 0.5) is 19.0 Å². The summed E-state index contributed by atoms with van der Waals surface area (Å²) in [4.78, 5) is 16.1. The zero-order chi connectivity index (χ0) is 27.9. The molecule has 0 radical (unpaired) electrons. The van der Waals surface area contributed by atoms with Crippen molar-refractivity contribution in [1.82, 2.24) is 19.9 Å². The molecule has 0 unspecified atom stereocenters. The molecule has 202 valence electrons. The van der Waals surface area contributed by atoms with Gasteiger partial charge in [-0.25, -0.2) is 23.4 Å². The number of ether oxygens (including phenoxy) is 3. The molecular weight excluding hydrogens is 539 g/mol. The van der Waals surface area contributed by atoms with E-state index in [-0.39, 0.29) is 23.1 Å². The number of sulfonamides is 1. The van der Waals surface area contributed by atoms with E-state index in [2.05, 4.69) is 24.7 Å². The van der Waals surface area contributed by atoms with Crippen LogP contribution in [0.1, 0.15) is 5.56 Å². The van der Waals surface area contributed by atoms with Crippen molar-refractivity contribution in [3.63, 3.8) is 0 Å². The van der Waals surface area contributed by atoms with Gasteiger partial charge in [-0.05, 0) is 29.8 Å². The van der Waals surface area contributed by atoms with E-state index >= 15 is 0 Å². The molecule has 2 heterocycles. The zero-order valence-electron chi connectivity index (χ0n) is 20.2. The maximum atomic E-state index is 13.1. The molecule has 0 atom stereocenters. The number of anilines is 1. The van der Waals surface area contributed by atoms with E-state index in [0.29, 0.717) is 5.56 Å². The number of para-hydroxylation sites is 2. The van der Waals surface area contributed by atoms with Gasteiger partial charge in [0.25, 0.3) is 15.9 Å². The van der Waals surface area contributed by atoms with Crippen LogP contribution in [0.3, 0.4) is 0 Å². The summed E-state index contributed by atoms with van der Waals surface area (Å²) in [5.74, 6) is -1.95. The average Bonchev–Trinajstić information content (AvgIpc) is 2.92. The fourth-order valence-corrected chi connectivity index (χ4v) is 3.88. The number of halogens is 3. The summed E-state index contributed by atoms with van der Waals surface area (Å²) in [6.45, 7) is -1.75. The number of hydrogen-bond acceptors (Lipinski definition) is 9. The first kappa shape index (κ1) is 27.3. The van der Waals surface area contributed by atoms with Crippen molar-refractivity contribution < 1.29 is 35.8 Å². The summed E-state index contributed by atoms with van der Waals surface area (Å²) < 4.78 is 83.5. The molecule has 0 aliphatic carbocycles. The third-order valence-electron chi connectivity index (χ3n) is 4.73. The standard InChI is InChI=1S/C25H20F3N5O5S/c1-36-18-10-5-6-11-19(18)38-20-21(33-39(34,35)15-12-17-8-3-2-4-9-17)31-23(22-29-13-7-14-30-22)32-24(20)37-16-25(26,27)28/h2-15H,16H2,1H3,(H,31,32,33). The summed E-state index contributed by atoms with van der Waals surface area (Å²) in [6.07, 6.45) is -0.706. The van der Waals surface area contributed by atoms with E-state index in [4.69, 9.17) is 14.2 Å². The molecule has 0 saturated carbocycles. The highest BCUT2D eigenvalue weighted by Crippen LogP contribution is 2.41. The Morgan fingerprint density at radius 1 is 0.897 bits per heavy atom.